The summed E-state index contributed by atoms with van der Waals surface area (Å²) in [6, 6.07) is 3.62. The maximum atomic E-state index is 10.7. The van der Waals surface area contributed by atoms with E-state index < -0.39 is 0 Å². The second-order valence-electron chi connectivity index (χ2n) is 2.90. The smallest absolute Gasteiger partial charge is 0.152 e. The fraction of sp³-hybridized carbons (Fsp3) is 0.200. The number of hydrogen-bond acceptors (Lipinski definition) is 3. The minimum absolute atomic E-state index is 0.660. The van der Waals surface area contributed by atoms with E-state index in [1.54, 1.807) is 18.6 Å². The van der Waals surface area contributed by atoms with Crippen molar-refractivity contribution < 1.29 is 4.79 Å². The average molecular weight is 176 g/mol. The molecular formula is C10H12N2O. The van der Waals surface area contributed by atoms with Crippen LogP contribution in [0, 0.1) is 0 Å². The highest BCUT2D eigenvalue weighted by atomic mass is 16.1. The molecule has 0 bridgehead atoms. The van der Waals surface area contributed by atoms with Crippen molar-refractivity contribution in [3.8, 4) is 0 Å². The summed E-state index contributed by atoms with van der Waals surface area (Å²) in [5.74, 6) is 0. The summed E-state index contributed by atoms with van der Waals surface area (Å²) in [5, 5.41) is 0. The first-order valence-corrected chi connectivity index (χ1v) is 3.98. The predicted octanol–water partition coefficient (Wildman–Crippen LogP) is 1.18. The summed E-state index contributed by atoms with van der Waals surface area (Å²) >= 11 is 0. The van der Waals surface area contributed by atoms with Crippen LogP contribution in [0.1, 0.15) is 5.56 Å². The van der Waals surface area contributed by atoms with Gasteiger partial charge in [-0.1, -0.05) is 0 Å². The van der Waals surface area contributed by atoms with Gasteiger partial charge in [-0.3, -0.25) is 9.78 Å². The van der Waals surface area contributed by atoms with Crippen LogP contribution in [0.15, 0.2) is 30.7 Å². The Labute approximate surface area is 77.7 Å². The summed E-state index contributed by atoms with van der Waals surface area (Å²) in [6.07, 6.45) is 5.96. The van der Waals surface area contributed by atoms with Gasteiger partial charge >= 0.3 is 0 Å². The molecule has 0 atom stereocenters. The molecule has 0 saturated carbocycles. The first-order chi connectivity index (χ1) is 6.24. The standard InChI is InChI=1S/C10H12N2O/c1-12(2)7-10(8-13)9-3-5-11-6-4-9/h3-8H,1-2H3/b10-7+. The Morgan fingerprint density at radius 3 is 2.46 bits per heavy atom. The first kappa shape index (κ1) is 9.45. The van der Waals surface area contributed by atoms with Crippen LogP contribution in [0.4, 0.5) is 0 Å². The predicted molar refractivity (Wildman–Crippen MR) is 52.0 cm³/mol. The highest BCUT2D eigenvalue weighted by Crippen LogP contribution is 2.10. The third-order valence-electron chi connectivity index (χ3n) is 1.54. The van der Waals surface area contributed by atoms with E-state index in [0.29, 0.717) is 5.57 Å². The van der Waals surface area contributed by atoms with Gasteiger partial charge in [-0.25, -0.2) is 0 Å². The Morgan fingerprint density at radius 2 is 2.00 bits per heavy atom. The van der Waals surface area contributed by atoms with Crippen LogP contribution in [-0.2, 0) is 4.79 Å². The SMILES string of the molecule is CN(C)/C=C(\C=O)c1ccncc1. The highest BCUT2D eigenvalue weighted by Gasteiger charge is 1.98. The van der Waals surface area contributed by atoms with Crippen LogP contribution in [0.5, 0.6) is 0 Å². The summed E-state index contributed by atoms with van der Waals surface area (Å²) in [6.45, 7) is 0. The molecule has 68 valence electrons. The quantitative estimate of drug-likeness (QED) is 0.512. The number of carbonyl (C=O) groups is 1. The molecule has 3 heteroatoms. The molecule has 0 aromatic carbocycles. The molecule has 0 aliphatic rings. The van der Waals surface area contributed by atoms with Crippen LogP contribution in [0.25, 0.3) is 5.57 Å². The van der Waals surface area contributed by atoms with Crippen molar-refractivity contribution in [1.29, 1.82) is 0 Å². The van der Waals surface area contributed by atoms with Gasteiger partial charge in [0.2, 0.25) is 0 Å². The van der Waals surface area contributed by atoms with Gasteiger partial charge < -0.3 is 4.90 Å². The van der Waals surface area contributed by atoms with Crippen molar-refractivity contribution in [2.45, 2.75) is 0 Å². The largest absolute Gasteiger partial charge is 0.383 e. The maximum absolute atomic E-state index is 10.7. The van der Waals surface area contributed by atoms with Crippen LogP contribution < -0.4 is 0 Å². The second-order valence-corrected chi connectivity index (χ2v) is 2.90. The summed E-state index contributed by atoms with van der Waals surface area (Å²) in [5.41, 5.74) is 1.55. The molecule has 1 rings (SSSR count). The lowest BCUT2D eigenvalue weighted by atomic mass is 10.1. The van der Waals surface area contributed by atoms with Gasteiger partial charge in [0.15, 0.2) is 6.29 Å². The second kappa shape index (κ2) is 4.40. The molecular weight excluding hydrogens is 164 g/mol. The average Bonchev–Trinajstić information content (AvgIpc) is 2.15. The minimum Gasteiger partial charge on any atom is -0.383 e. The van der Waals surface area contributed by atoms with Gasteiger partial charge in [0.05, 0.1) is 0 Å². The molecule has 0 radical (unpaired) electrons. The monoisotopic (exact) mass is 176 g/mol. The van der Waals surface area contributed by atoms with Gasteiger partial charge in [0, 0.05) is 38.3 Å². The molecule has 1 aromatic rings. The minimum atomic E-state index is 0.660. The summed E-state index contributed by atoms with van der Waals surface area (Å²) < 4.78 is 0. The van der Waals surface area contributed by atoms with E-state index in [2.05, 4.69) is 4.98 Å². The van der Waals surface area contributed by atoms with Gasteiger partial charge in [-0.2, -0.15) is 0 Å². The lowest BCUT2D eigenvalue weighted by Gasteiger charge is -2.06. The van der Waals surface area contributed by atoms with E-state index in [-0.39, 0.29) is 0 Å². The van der Waals surface area contributed by atoms with Crippen LogP contribution >= 0.6 is 0 Å². The first-order valence-electron chi connectivity index (χ1n) is 3.98. The van der Waals surface area contributed by atoms with Gasteiger partial charge in [0.25, 0.3) is 0 Å². The number of pyridine rings is 1. The fourth-order valence-electron chi connectivity index (χ4n) is 0.996. The number of rotatable bonds is 3. The number of aldehydes is 1. The van der Waals surface area contributed by atoms with Crippen molar-refractivity contribution in [3.05, 3.63) is 36.3 Å². The third kappa shape index (κ3) is 2.71. The van der Waals surface area contributed by atoms with E-state index in [1.807, 2.05) is 31.1 Å². The van der Waals surface area contributed by atoms with Crippen molar-refractivity contribution in [2.24, 2.45) is 0 Å². The molecule has 13 heavy (non-hydrogen) atoms. The van der Waals surface area contributed by atoms with Crippen molar-refractivity contribution in [1.82, 2.24) is 9.88 Å². The van der Waals surface area contributed by atoms with E-state index in [9.17, 15) is 4.79 Å². The molecule has 0 unspecified atom stereocenters. The lowest BCUT2D eigenvalue weighted by molar-refractivity contribution is -0.103. The molecule has 0 aliphatic carbocycles. The Kier molecular flexibility index (Phi) is 3.20. The Bertz CT molecular complexity index is 304. The van der Waals surface area contributed by atoms with E-state index >= 15 is 0 Å². The van der Waals surface area contributed by atoms with Gasteiger partial charge in [-0.05, 0) is 17.7 Å². The van der Waals surface area contributed by atoms with Crippen LogP contribution in [-0.4, -0.2) is 30.3 Å². The number of carbonyl (C=O) groups excluding carboxylic acids is 1. The van der Waals surface area contributed by atoms with E-state index in [1.165, 1.54) is 0 Å². The highest BCUT2D eigenvalue weighted by molar-refractivity contribution is 6.06. The fourth-order valence-corrected chi connectivity index (χ4v) is 0.996. The van der Waals surface area contributed by atoms with Crippen molar-refractivity contribution in [3.63, 3.8) is 0 Å². The topological polar surface area (TPSA) is 33.2 Å². The third-order valence-corrected chi connectivity index (χ3v) is 1.54. The Balaban J connectivity index is 2.98. The molecule has 3 nitrogen and oxygen atoms in total. The summed E-state index contributed by atoms with van der Waals surface area (Å²) in [7, 11) is 3.76. The molecule has 0 fully saturated rings. The maximum Gasteiger partial charge on any atom is 0.152 e. The molecule has 0 spiro atoms. The number of hydrogen-bond donors (Lipinski definition) is 0. The summed E-state index contributed by atoms with van der Waals surface area (Å²) in [4.78, 5) is 16.4. The molecule has 0 N–H and O–H groups in total. The number of aromatic nitrogens is 1. The molecule has 0 aliphatic heterocycles. The van der Waals surface area contributed by atoms with E-state index in [4.69, 9.17) is 0 Å². The van der Waals surface area contributed by atoms with Crippen molar-refractivity contribution >= 4 is 11.9 Å². The Hall–Kier alpha value is -1.64. The molecule has 0 saturated heterocycles. The molecule has 1 aromatic heterocycles. The zero-order valence-electron chi connectivity index (χ0n) is 7.77. The van der Waals surface area contributed by atoms with Gasteiger partial charge in [-0.15, -0.1) is 0 Å². The van der Waals surface area contributed by atoms with Crippen LogP contribution in [0.2, 0.25) is 0 Å². The van der Waals surface area contributed by atoms with Crippen LogP contribution in [0.3, 0.4) is 0 Å². The van der Waals surface area contributed by atoms with Crippen molar-refractivity contribution in [2.75, 3.05) is 14.1 Å². The zero-order valence-corrected chi connectivity index (χ0v) is 7.77. The van der Waals surface area contributed by atoms with E-state index in [0.717, 1.165) is 11.8 Å². The zero-order chi connectivity index (χ0) is 9.68. The number of allylic oxidation sites excluding steroid dienone is 1. The number of nitrogens with zero attached hydrogens (tertiary/aromatic N) is 2. The lowest BCUT2D eigenvalue weighted by Crippen LogP contribution is -2.03. The molecule has 1 heterocycles. The van der Waals surface area contributed by atoms with Gasteiger partial charge in [0.1, 0.15) is 0 Å². The Morgan fingerprint density at radius 1 is 1.38 bits per heavy atom. The molecule has 0 amide bonds. The normalized spacial score (nSPS) is 11.1.